The number of hydrogen-bond acceptors (Lipinski definition) is 5. The van der Waals surface area contributed by atoms with E-state index in [-0.39, 0.29) is 22.1 Å². The van der Waals surface area contributed by atoms with Crippen molar-refractivity contribution in [1.82, 2.24) is 14.6 Å². The molecule has 182 valence electrons. The summed E-state index contributed by atoms with van der Waals surface area (Å²) in [5.74, 6) is -0.900. The molecule has 11 heteroatoms. The number of anilines is 1. The number of sulfonamides is 1. The summed E-state index contributed by atoms with van der Waals surface area (Å²) in [5, 5.41) is 8.12. The normalized spacial score (nSPS) is 11.6. The molecule has 0 bridgehead atoms. The van der Waals surface area contributed by atoms with Crippen molar-refractivity contribution in [1.29, 1.82) is 0 Å². The summed E-state index contributed by atoms with van der Waals surface area (Å²) in [5.41, 5.74) is 1.98. The molecule has 0 saturated carbocycles. The van der Waals surface area contributed by atoms with Crippen molar-refractivity contribution in [2.24, 2.45) is 0 Å². The molecule has 0 radical (unpaired) electrons. The largest absolute Gasteiger partial charge is 0.454 e. The highest BCUT2D eigenvalue weighted by atomic mass is 79.9. The Kier molecular flexibility index (Phi) is 6.19. The molecule has 0 unspecified atom stereocenters. The summed E-state index contributed by atoms with van der Waals surface area (Å²) in [6.07, 6.45) is 1.76. The van der Waals surface area contributed by atoms with Crippen LogP contribution in [-0.4, -0.2) is 23.0 Å². The smallest absolute Gasteiger partial charge is 0.261 e. The van der Waals surface area contributed by atoms with Crippen molar-refractivity contribution in [3.8, 4) is 22.6 Å². The van der Waals surface area contributed by atoms with Crippen LogP contribution < -0.4 is 9.46 Å². The van der Waals surface area contributed by atoms with Crippen LogP contribution in [0.3, 0.4) is 0 Å². The molecule has 1 N–H and O–H groups in total. The van der Waals surface area contributed by atoms with E-state index < -0.39 is 21.7 Å². The van der Waals surface area contributed by atoms with Gasteiger partial charge >= 0.3 is 0 Å². The van der Waals surface area contributed by atoms with Crippen molar-refractivity contribution in [2.45, 2.75) is 11.8 Å². The first-order chi connectivity index (χ1) is 17.2. The van der Waals surface area contributed by atoms with E-state index in [0.717, 1.165) is 16.6 Å². The second-order valence-electron chi connectivity index (χ2n) is 7.84. The molecule has 5 rings (SSSR count). The van der Waals surface area contributed by atoms with Crippen LogP contribution in [0.2, 0.25) is 0 Å². The Bertz CT molecular complexity index is 1710. The molecule has 5 aromatic rings. The van der Waals surface area contributed by atoms with E-state index in [1.54, 1.807) is 47.9 Å². The molecule has 0 aliphatic rings. The number of rotatable bonds is 6. The minimum atomic E-state index is -3.88. The molecule has 0 spiro atoms. The molecular formula is C25H17BrF2N4O3S. The maximum absolute atomic E-state index is 14.3. The van der Waals surface area contributed by atoms with Gasteiger partial charge in [-0.25, -0.2) is 17.2 Å². The van der Waals surface area contributed by atoms with Crippen LogP contribution in [0.25, 0.3) is 16.8 Å². The lowest BCUT2D eigenvalue weighted by atomic mass is 10.1. The number of aryl methyl sites for hydroxylation is 1. The average molecular weight is 571 g/mol. The summed E-state index contributed by atoms with van der Waals surface area (Å²) in [7, 11) is -3.88. The molecule has 2 heterocycles. The fraction of sp³-hybridized carbons (Fsp3) is 0.0400. The van der Waals surface area contributed by atoms with E-state index in [4.69, 9.17) is 4.74 Å². The highest BCUT2D eigenvalue weighted by Gasteiger charge is 2.18. The maximum Gasteiger partial charge on any atom is 0.261 e. The number of nitrogens with one attached hydrogen (secondary N) is 1. The van der Waals surface area contributed by atoms with Crippen LogP contribution >= 0.6 is 15.9 Å². The predicted molar refractivity (Wildman–Crippen MR) is 135 cm³/mol. The van der Waals surface area contributed by atoms with Crippen LogP contribution in [0.15, 0.2) is 88.4 Å². The van der Waals surface area contributed by atoms with Gasteiger partial charge in [-0.1, -0.05) is 15.9 Å². The van der Waals surface area contributed by atoms with Gasteiger partial charge in [0.15, 0.2) is 17.2 Å². The number of fused-ring (bicyclic) bond motifs is 1. The molecule has 2 aromatic heterocycles. The van der Waals surface area contributed by atoms with E-state index >= 15 is 0 Å². The number of halogens is 3. The van der Waals surface area contributed by atoms with Crippen molar-refractivity contribution in [2.75, 3.05) is 4.72 Å². The van der Waals surface area contributed by atoms with Gasteiger partial charge in [0.05, 0.1) is 4.90 Å². The highest BCUT2D eigenvalue weighted by Crippen LogP contribution is 2.37. The molecule has 7 nitrogen and oxygen atoms in total. The van der Waals surface area contributed by atoms with E-state index in [0.29, 0.717) is 22.6 Å². The molecule has 0 aliphatic heterocycles. The zero-order valence-electron chi connectivity index (χ0n) is 18.6. The topological polar surface area (TPSA) is 85.6 Å². The number of aromatic nitrogens is 3. The predicted octanol–water partition coefficient (Wildman–Crippen LogP) is 6.34. The third kappa shape index (κ3) is 4.79. The summed E-state index contributed by atoms with van der Waals surface area (Å²) < 4.78 is 64.4. The van der Waals surface area contributed by atoms with Crippen LogP contribution in [0.5, 0.6) is 11.5 Å². The zero-order chi connectivity index (χ0) is 25.4. The Balaban J connectivity index is 1.59. The summed E-state index contributed by atoms with van der Waals surface area (Å²) in [6.45, 7) is 1.79. The molecular weight excluding hydrogens is 554 g/mol. The van der Waals surface area contributed by atoms with Crippen LogP contribution in [0.1, 0.15) is 5.82 Å². The third-order valence-corrected chi connectivity index (χ3v) is 7.28. The second-order valence-corrected chi connectivity index (χ2v) is 10.4. The summed E-state index contributed by atoms with van der Waals surface area (Å²) in [4.78, 5) is 0.0856. The number of hydrogen-bond donors (Lipinski definition) is 1. The zero-order valence-corrected chi connectivity index (χ0v) is 21.0. The van der Waals surface area contributed by atoms with Gasteiger partial charge in [-0.2, -0.15) is 0 Å². The van der Waals surface area contributed by atoms with Crippen LogP contribution in [0, 0.1) is 18.6 Å². The first-order valence-corrected chi connectivity index (χ1v) is 12.8. The minimum Gasteiger partial charge on any atom is -0.454 e. The second kappa shape index (κ2) is 9.32. The lowest BCUT2D eigenvalue weighted by Gasteiger charge is -2.15. The maximum atomic E-state index is 14.3. The highest BCUT2D eigenvalue weighted by molar-refractivity contribution is 9.10. The Hall–Kier alpha value is -3.83. The van der Waals surface area contributed by atoms with Crippen molar-refractivity contribution in [3.63, 3.8) is 0 Å². The monoisotopic (exact) mass is 570 g/mol. The van der Waals surface area contributed by atoms with E-state index in [2.05, 4.69) is 30.8 Å². The van der Waals surface area contributed by atoms with Crippen LogP contribution in [0.4, 0.5) is 14.5 Å². The molecule has 36 heavy (non-hydrogen) atoms. The summed E-state index contributed by atoms with van der Waals surface area (Å²) >= 11 is 3.29. The fourth-order valence-corrected chi connectivity index (χ4v) is 4.89. The molecule has 0 atom stereocenters. The SMILES string of the molecule is Cc1nnc2ccc(-c3cc(NS(=O)(=O)c4ccc(Br)cc4)ccc3Oc3ccc(F)cc3F)cn12. The number of ether oxygens (including phenoxy) is 1. The Morgan fingerprint density at radius 2 is 1.67 bits per heavy atom. The van der Waals surface area contributed by atoms with Gasteiger partial charge < -0.3 is 4.74 Å². The molecule has 0 fully saturated rings. The van der Waals surface area contributed by atoms with Crippen molar-refractivity contribution < 1.29 is 21.9 Å². The van der Waals surface area contributed by atoms with E-state index in [1.807, 2.05) is 0 Å². The minimum absolute atomic E-state index is 0.0856. The van der Waals surface area contributed by atoms with Gasteiger partial charge in [0.25, 0.3) is 10.0 Å². The number of pyridine rings is 1. The van der Waals surface area contributed by atoms with Gasteiger partial charge in [-0.3, -0.25) is 9.12 Å². The van der Waals surface area contributed by atoms with Gasteiger partial charge in [-0.15, -0.1) is 10.2 Å². The molecule has 0 amide bonds. The van der Waals surface area contributed by atoms with Crippen molar-refractivity contribution in [3.05, 3.63) is 101 Å². The first-order valence-electron chi connectivity index (χ1n) is 10.6. The first kappa shape index (κ1) is 23.9. The third-order valence-electron chi connectivity index (χ3n) is 5.35. The molecule has 0 aliphatic carbocycles. The van der Waals surface area contributed by atoms with Gasteiger partial charge in [0.1, 0.15) is 17.4 Å². The Morgan fingerprint density at radius 1 is 0.917 bits per heavy atom. The molecule has 0 saturated heterocycles. The van der Waals surface area contributed by atoms with Gasteiger partial charge in [0.2, 0.25) is 0 Å². The number of nitrogens with zero attached hydrogens (tertiary/aromatic N) is 3. The fourth-order valence-electron chi connectivity index (χ4n) is 3.58. The van der Waals surface area contributed by atoms with E-state index in [9.17, 15) is 17.2 Å². The number of benzene rings is 3. The average Bonchev–Trinajstić information content (AvgIpc) is 3.22. The van der Waals surface area contributed by atoms with Crippen LogP contribution in [-0.2, 0) is 10.0 Å². The standard InChI is InChI=1S/C25H17BrF2N4O3S/c1-15-29-30-25-11-2-16(14-32(15)25)21-13-19(31-36(33,34)20-7-3-17(26)4-8-20)6-10-23(21)35-24-9-5-18(27)12-22(24)28/h2-14,31H,1H3. The lowest BCUT2D eigenvalue weighted by Crippen LogP contribution is -2.13. The lowest BCUT2D eigenvalue weighted by molar-refractivity contribution is 0.439. The Labute approximate surface area is 213 Å². The summed E-state index contributed by atoms with van der Waals surface area (Å²) in [6, 6.07) is 17.3. The van der Waals surface area contributed by atoms with Crippen molar-refractivity contribution >= 4 is 37.3 Å². The van der Waals surface area contributed by atoms with E-state index in [1.165, 1.54) is 30.3 Å². The van der Waals surface area contributed by atoms with Gasteiger partial charge in [0, 0.05) is 33.6 Å². The van der Waals surface area contributed by atoms with Gasteiger partial charge in [-0.05, 0) is 73.7 Å². The molecule has 3 aromatic carbocycles. The quantitative estimate of drug-likeness (QED) is 0.257. The Morgan fingerprint density at radius 3 is 2.42 bits per heavy atom.